The van der Waals surface area contributed by atoms with Gasteiger partial charge in [0.1, 0.15) is 0 Å². The van der Waals surface area contributed by atoms with E-state index in [9.17, 15) is 13.2 Å². The van der Waals surface area contributed by atoms with Crippen molar-refractivity contribution in [2.75, 3.05) is 26.2 Å². The molecule has 1 amide bonds. The minimum atomic E-state index is -3.44. The molecular formula is C18H30ClN3O3S. The van der Waals surface area contributed by atoms with Crippen LogP contribution in [-0.2, 0) is 14.8 Å². The van der Waals surface area contributed by atoms with Gasteiger partial charge in [0, 0.05) is 19.0 Å². The molecule has 1 aliphatic heterocycles. The van der Waals surface area contributed by atoms with Crippen LogP contribution in [0.3, 0.4) is 0 Å². The molecule has 1 atom stereocenters. The minimum Gasteiger partial charge on any atom is -0.349 e. The van der Waals surface area contributed by atoms with Crippen molar-refractivity contribution in [3.05, 3.63) is 29.8 Å². The van der Waals surface area contributed by atoms with E-state index in [4.69, 9.17) is 0 Å². The molecule has 0 aromatic heterocycles. The van der Waals surface area contributed by atoms with Gasteiger partial charge in [0.25, 0.3) is 0 Å². The average Bonchev–Trinajstić information content (AvgIpc) is 2.63. The fourth-order valence-electron chi connectivity index (χ4n) is 3.14. The Morgan fingerprint density at radius 2 is 1.73 bits per heavy atom. The number of amides is 1. The molecule has 1 unspecified atom stereocenters. The van der Waals surface area contributed by atoms with Gasteiger partial charge in [0.2, 0.25) is 15.9 Å². The number of carbonyl (C=O) groups excluding carboxylic acids is 1. The highest BCUT2D eigenvalue weighted by atomic mass is 35.5. The molecule has 26 heavy (non-hydrogen) atoms. The maximum absolute atomic E-state index is 12.5. The van der Waals surface area contributed by atoms with E-state index in [0.29, 0.717) is 13.1 Å². The number of hydrogen-bond donors (Lipinski definition) is 2. The van der Waals surface area contributed by atoms with Crippen molar-refractivity contribution in [3.8, 4) is 0 Å². The average molecular weight is 404 g/mol. The zero-order valence-electron chi connectivity index (χ0n) is 15.7. The molecule has 2 N–H and O–H groups in total. The molecule has 1 aromatic carbocycles. The summed E-state index contributed by atoms with van der Waals surface area (Å²) in [6.07, 6.45) is 1.72. The third-order valence-corrected chi connectivity index (χ3v) is 6.86. The summed E-state index contributed by atoms with van der Waals surface area (Å²) < 4.78 is 26.5. The first kappa shape index (κ1) is 22.9. The molecule has 6 nitrogen and oxygen atoms in total. The summed E-state index contributed by atoms with van der Waals surface area (Å²) in [7, 11) is -3.44. The quantitative estimate of drug-likeness (QED) is 0.732. The van der Waals surface area contributed by atoms with E-state index in [0.717, 1.165) is 31.5 Å². The first-order valence-corrected chi connectivity index (χ1v) is 10.4. The zero-order chi connectivity index (χ0) is 18.4. The predicted molar refractivity (Wildman–Crippen MR) is 106 cm³/mol. The van der Waals surface area contributed by atoms with Crippen molar-refractivity contribution >= 4 is 28.3 Å². The summed E-state index contributed by atoms with van der Waals surface area (Å²) in [4.78, 5) is 12.6. The number of benzene rings is 1. The van der Waals surface area contributed by atoms with E-state index in [1.165, 1.54) is 4.31 Å². The second kappa shape index (κ2) is 10.3. The lowest BCUT2D eigenvalue weighted by Crippen LogP contribution is -2.39. The van der Waals surface area contributed by atoms with Gasteiger partial charge in [-0.05, 0) is 50.6 Å². The second-order valence-electron chi connectivity index (χ2n) is 6.41. The third kappa shape index (κ3) is 5.42. The third-order valence-electron chi connectivity index (χ3n) is 4.79. The molecule has 8 heteroatoms. The van der Waals surface area contributed by atoms with Gasteiger partial charge < -0.3 is 10.6 Å². The van der Waals surface area contributed by atoms with Crippen molar-refractivity contribution in [2.24, 2.45) is 5.92 Å². The van der Waals surface area contributed by atoms with Crippen LogP contribution in [0.4, 0.5) is 0 Å². The van der Waals surface area contributed by atoms with Crippen molar-refractivity contribution < 1.29 is 13.2 Å². The molecule has 2 rings (SSSR count). The van der Waals surface area contributed by atoms with Gasteiger partial charge in [0.15, 0.2) is 0 Å². The van der Waals surface area contributed by atoms with Crippen LogP contribution in [0, 0.1) is 5.92 Å². The summed E-state index contributed by atoms with van der Waals surface area (Å²) >= 11 is 0. The Balaban J connectivity index is 0.00000338. The van der Waals surface area contributed by atoms with E-state index in [2.05, 4.69) is 10.6 Å². The molecule has 0 spiro atoms. The Morgan fingerprint density at radius 1 is 1.19 bits per heavy atom. The number of sulfonamides is 1. The van der Waals surface area contributed by atoms with Gasteiger partial charge in [-0.3, -0.25) is 4.79 Å². The molecule has 1 fully saturated rings. The SMILES string of the molecule is CCN(CC)S(=O)(=O)c1ccc(C(C)NC(=O)C2CCNCC2)cc1.Cl. The minimum absolute atomic E-state index is 0. The smallest absolute Gasteiger partial charge is 0.243 e. The highest BCUT2D eigenvalue weighted by Crippen LogP contribution is 2.20. The van der Waals surface area contributed by atoms with Gasteiger partial charge in [-0.2, -0.15) is 4.31 Å². The molecule has 0 radical (unpaired) electrons. The Kier molecular flexibility index (Phi) is 9.03. The highest BCUT2D eigenvalue weighted by Gasteiger charge is 2.24. The van der Waals surface area contributed by atoms with Gasteiger partial charge in [-0.1, -0.05) is 26.0 Å². The van der Waals surface area contributed by atoms with Crippen LogP contribution in [0.5, 0.6) is 0 Å². The maximum atomic E-state index is 12.5. The number of hydrogen-bond acceptors (Lipinski definition) is 4. The highest BCUT2D eigenvalue weighted by molar-refractivity contribution is 7.89. The zero-order valence-corrected chi connectivity index (χ0v) is 17.3. The van der Waals surface area contributed by atoms with E-state index >= 15 is 0 Å². The lowest BCUT2D eigenvalue weighted by Gasteiger charge is -2.24. The van der Waals surface area contributed by atoms with Gasteiger partial charge in [-0.15, -0.1) is 12.4 Å². The van der Waals surface area contributed by atoms with E-state index < -0.39 is 10.0 Å². The standard InChI is InChI=1S/C18H29N3O3S.ClH/c1-4-21(5-2)25(23,24)17-8-6-15(7-9-17)14(3)20-18(22)16-10-12-19-13-11-16;/h6-9,14,16,19H,4-5,10-13H2,1-3H3,(H,20,22);1H. The predicted octanol–water partition coefficient (Wildman–Crippen LogP) is 2.32. The largest absolute Gasteiger partial charge is 0.349 e. The van der Waals surface area contributed by atoms with Crippen LogP contribution in [0.2, 0.25) is 0 Å². The molecule has 0 bridgehead atoms. The van der Waals surface area contributed by atoms with Crippen LogP contribution in [0.1, 0.15) is 45.2 Å². The first-order valence-electron chi connectivity index (χ1n) is 9.01. The van der Waals surface area contributed by atoms with Gasteiger partial charge in [-0.25, -0.2) is 8.42 Å². The van der Waals surface area contributed by atoms with Crippen LogP contribution >= 0.6 is 12.4 Å². The Bertz CT molecular complexity index is 669. The summed E-state index contributed by atoms with van der Waals surface area (Å²) in [5, 5.41) is 6.30. The molecule has 1 aliphatic rings. The van der Waals surface area contributed by atoms with Crippen molar-refractivity contribution in [1.29, 1.82) is 0 Å². The Hall–Kier alpha value is -1.15. The second-order valence-corrected chi connectivity index (χ2v) is 8.35. The molecule has 1 aromatic rings. The van der Waals surface area contributed by atoms with E-state index in [1.54, 1.807) is 24.3 Å². The van der Waals surface area contributed by atoms with E-state index in [-0.39, 0.29) is 35.2 Å². The monoisotopic (exact) mass is 403 g/mol. The number of piperidine rings is 1. The molecule has 0 saturated carbocycles. The van der Waals surface area contributed by atoms with Crippen LogP contribution in [0.25, 0.3) is 0 Å². The summed E-state index contributed by atoms with van der Waals surface area (Å²) in [5.74, 6) is 0.139. The summed E-state index contributed by atoms with van der Waals surface area (Å²) in [6.45, 7) is 8.23. The summed E-state index contributed by atoms with van der Waals surface area (Å²) in [5.41, 5.74) is 0.904. The maximum Gasteiger partial charge on any atom is 0.243 e. The van der Waals surface area contributed by atoms with E-state index in [1.807, 2.05) is 20.8 Å². The van der Waals surface area contributed by atoms with Crippen molar-refractivity contribution in [2.45, 2.75) is 44.6 Å². The fraction of sp³-hybridized carbons (Fsp3) is 0.611. The van der Waals surface area contributed by atoms with Crippen molar-refractivity contribution in [1.82, 2.24) is 14.9 Å². The number of carbonyl (C=O) groups is 1. The topological polar surface area (TPSA) is 78.5 Å². The van der Waals surface area contributed by atoms with Crippen LogP contribution in [0.15, 0.2) is 29.2 Å². The van der Waals surface area contributed by atoms with Gasteiger partial charge in [0.05, 0.1) is 10.9 Å². The van der Waals surface area contributed by atoms with Crippen LogP contribution < -0.4 is 10.6 Å². The Morgan fingerprint density at radius 3 is 2.23 bits per heavy atom. The lowest BCUT2D eigenvalue weighted by molar-refractivity contribution is -0.126. The number of nitrogens with zero attached hydrogens (tertiary/aromatic N) is 1. The number of halogens is 1. The van der Waals surface area contributed by atoms with Crippen molar-refractivity contribution in [3.63, 3.8) is 0 Å². The molecule has 1 heterocycles. The molecule has 1 saturated heterocycles. The van der Waals surface area contributed by atoms with Gasteiger partial charge >= 0.3 is 0 Å². The first-order chi connectivity index (χ1) is 11.9. The van der Waals surface area contributed by atoms with Crippen LogP contribution in [-0.4, -0.2) is 44.8 Å². The molecule has 148 valence electrons. The summed E-state index contributed by atoms with van der Waals surface area (Å²) in [6, 6.07) is 6.66. The normalized spacial score (nSPS) is 16.8. The number of rotatable bonds is 7. The molecule has 0 aliphatic carbocycles. The Labute approximate surface area is 163 Å². The fourth-order valence-corrected chi connectivity index (χ4v) is 4.60. The molecular weight excluding hydrogens is 374 g/mol. The number of nitrogens with one attached hydrogen (secondary N) is 2. The lowest BCUT2D eigenvalue weighted by atomic mass is 9.96.